The van der Waals surface area contributed by atoms with E-state index in [4.69, 9.17) is 0 Å². The van der Waals surface area contributed by atoms with Crippen LogP contribution in [-0.4, -0.2) is 37.1 Å². The lowest BCUT2D eigenvalue weighted by atomic mass is 9.73. The number of carbonyl (C=O) groups excluding carboxylic acids is 2. The zero-order valence-corrected chi connectivity index (χ0v) is 14.2. The molecule has 0 spiro atoms. The van der Waals surface area contributed by atoms with Crippen molar-refractivity contribution in [1.82, 2.24) is 0 Å². The minimum Gasteiger partial charge on any atom is -0.507 e. The summed E-state index contributed by atoms with van der Waals surface area (Å²) in [7, 11) is 0. The summed E-state index contributed by atoms with van der Waals surface area (Å²) in [6.45, 7) is 0. The van der Waals surface area contributed by atoms with E-state index in [1.165, 1.54) is 36.4 Å². The number of hydrogen-bond acceptors (Lipinski definition) is 7. The monoisotopic (exact) mass is 378 g/mol. The first kappa shape index (κ1) is 17.4. The highest BCUT2D eigenvalue weighted by atomic mass is 16.3. The first-order valence-electron chi connectivity index (χ1n) is 8.29. The highest BCUT2D eigenvalue weighted by Gasteiger charge is 2.39. The smallest absolute Gasteiger partial charge is 0.201 e. The van der Waals surface area contributed by atoms with Crippen molar-refractivity contribution >= 4 is 11.6 Å². The number of rotatable bonds is 2. The molecule has 3 aromatic rings. The van der Waals surface area contributed by atoms with Crippen LogP contribution in [0.2, 0.25) is 0 Å². The van der Waals surface area contributed by atoms with Crippen molar-refractivity contribution in [2.24, 2.45) is 0 Å². The quantitative estimate of drug-likeness (QED) is 0.342. The van der Waals surface area contributed by atoms with Crippen molar-refractivity contribution in [2.75, 3.05) is 0 Å². The van der Waals surface area contributed by atoms with E-state index in [1.54, 1.807) is 0 Å². The number of phenols is 5. The Bertz CT molecular complexity index is 1080. The Balaban J connectivity index is 1.99. The standard InChI is InChI=1S/C21H14O7/c22-12-5-1-3-10-16(19(26)9-7-14(24)20(27)15(25)8-9)11-4-2-6-13(23)18(11)21(28)17(10)12/h1-8,16,22-25,27H. The molecular weight excluding hydrogens is 364 g/mol. The number of benzene rings is 3. The molecule has 28 heavy (non-hydrogen) atoms. The second kappa shape index (κ2) is 6.02. The van der Waals surface area contributed by atoms with Crippen LogP contribution >= 0.6 is 0 Å². The molecular formula is C21H14O7. The van der Waals surface area contributed by atoms with Crippen molar-refractivity contribution in [3.8, 4) is 28.7 Å². The van der Waals surface area contributed by atoms with Crippen LogP contribution in [0.3, 0.4) is 0 Å². The van der Waals surface area contributed by atoms with Gasteiger partial charge in [-0.3, -0.25) is 9.59 Å². The van der Waals surface area contributed by atoms with E-state index in [-0.39, 0.29) is 39.3 Å². The van der Waals surface area contributed by atoms with Gasteiger partial charge < -0.3 is 25.5 Å². The molecule has 0 saturated heterocycles. The van der Waals surface area contributed by atoms with E-state index in [1.807, 2.05) is 0 Å². The molecule has 5 N–H and O–H groups in total. The molecule has 0 aliphatic heterocycles. The predicted octanol–water partition coefficient (Wildman–Crippen LogP) is 2.77. The maximum Gasteiger partial charge on any atom is 0.201 e. The number of phenolic OH excluding ortho intramolecular Hbond substituents is 5. The van der Waals surface area contributed by atoms with E-state index in [0.717, 1.165) is 12.1 Å². The van der Waals surface area contributed by atoms with Crippen molar-refractivity contribution < 1.29 is 35.1 Å². The fourth-order valence-corrected chi connectivity index (χ4v) is 3.58. The zero-order valence-electron chi connectivity index (χ0n) is 14.2. The Hall–Kier alpha value is -4.00. The maximum atomic E-state index is 13.3. The van der Waals surface area contributed by atoms with Gasteiger partial charge in [0.25, 0.3) is 0 Å². The third-order valence-corrected chi connectivity index (χ3v) is 4.84. The van der Waals surface area contributed by atoms with Crippen LogP contribution in [0, 0.1) is 0 Å². The summed E-state index contributed by atoms with van der Waals surface area (Å²) in [6.07, 6.45) is 0. The van der Waals surface area contributed by atoms with Crippen LogP contribution in [0.1, 0.15) is 43.3 Å². The van der Waals surface area contributed by atoms with Gasteiger partial charge in [-0.1, -0.05) is 24.3 Å². The van der Waals surface area contributed by atoms with Crippen molar-refractivity contribution in [1.29, 1.82) is 0 Å². The van der Waals surface area contributed by atoms with Crippen molar-refractivity contribution in [3.05, 3.63) is 76.3 Å². The van der Waals surface area contributed by atoms with Gasteiger partial charge >= 0.3 is 0 Å². The van der Waals surface area contributed by atoms with Gasteiger partial charge in [-0.15, -0.1) is 0 Å². The van der Waals surface area contributed by atoms with Gasteiger partial charge in [0.15, 0.2) is 23.0 Å². The highest BCUT2D eigenvalue weighted by Crippen LogP contribution is 2.45. The molecule has 7 heteroatoms. The summed E-state index contributed by atoms with van der Waals surface area (Å²) in [4.78, 5) is 26.2. The van der Waals surface area contributed by atoms with Gasteiger partial charge in [0.05, 0.1) is 17.0 Å². The van der Waals surface area contributed by atoms with E-state index >= 15 is 0 Å². The molecule has 0 bridgehead atoms. The molecule has 4 rings (SSSR count). The van der Waals surface area contributed by atoms with Gasteiger partial charge in [0.2, 0.25) is 5.78 Å². The topological polar surface area (TPSA) is 135 Å². The van der Waals surface area contributed by atoms with Gasteiger partial charge in [-0.05, 0) is 35.4 Å². The van der Waals surface area contributed by atoms with E-state index in [2.05, 4.69) is 0 Å². The van der Waals surface area contributed by atoms with Crippen molar-refractivity contribution in [3.63, 3.8) is 0 Å². The minimum absolute atomic E-state index is 0.0953. The lowest BCUT2D eigenvalue weighted by Gasteiger charge is -2.27. The van der Waals surface area contributed by atoms with Gasteiger partial charge in [-0.25, -0.2) is 0 Å². The largest absolute Gasteiger partial charge is 0.507 e. The number of carbonyl (C=O) groups is 2. The van der Waals surface area contributed by atoms with Crippen molar-refractivity contribution in [2.45, 2.75) is 5.92 Å². The molecule has 0 atom stereocenters. The van der Waals surface area contributed by atoms with Gasteiger partial charge in [0, 0.05) is 5.56 Å². The minimum atomic E-state index is -1.08. The molecule has 0 aromatic heterocycles. The molecule has 1 aliphatic carbocycles. The molecule has 1 aliphatic rings. The average Bonchev–Trinajstić information content (AvgIpc) is 2.65. The molecule has 0 radical (unpaired) electrons. The summed E-state index contributed by atoms with van der Waals surface area (Å²) in [5.74, 6) is -5.06. The van der Waals surface area contributed by atoms with E-state index in [9.17, 15) is 35.1 Å². The SMILES string of the molecule is O=C1c2c(O)cccc2C(C(=O)c2cc(O)c(O)c(O)c2)c2cccc(O)c21. The van der Waals surface area contributed by atoms with Crippen LogP contribution in [0.15, 0.2) is 48.5 Å². The van der Waals surface area contributed by atoms with Crippen LogP contribution in [-0.2, 0) is 0 Å². The first-order chi connectivity index (χ1) is 13.3. The fraction of sp³-hybridized carbons (Fsp3) is 0.0476. The lowest BCUT2D eigenvalue weighted by Crippen LogP contribution is -2.25. The Kier molecular flexibility index (Phi) is 3.74. The fourth-order valence-electron chi connectivity index (χ4n) is 3.58. The van der Waals surface area contributed by atoms with Crippen LogP contribution in [0.5, 0.6) is 28.7 Å². The molecule has 0 heterocycles. The van der Waals surface area contributed by atoms with E-state index in [0.29, 0.717) is 0 Å². The Labute approximate surface area is 158 Å². The molecule has 0 amide bonds. The lowest BCUT2D eigenvalue weighted by molar-refractivity contribution is 0.0966. The van der Waals surface area contributed by atoms with Gasteiger partial charge in [-0.2, -0.15) is 0 Å². The summed E-state index contributed by atoms with van der Waals surface area (Å²) < 4.78 is 0. The first-order valence-corrected chi connectivity index (χ1v) is 8.29. The number of Topliss-reactive ketones (excluding diaryl/α,β-unsaturated/α-hetero) is 1. The number of ketones is 2. The summed E-state index contributed by atoms with van der Waals surface area (Å²) >= 11 is 0. The number of hydrogen-bond donors (Lipinski definition) is 5. The molecule has 0 fully saturated rings. The third kappa shape index (κ3) is 2.37. The van der Waals surface area contributed by atoms with Crippen LogP contribution < -0.4 is 0 Å². The Morgan fingerprint density at radius 3 is 1.64 bits per heavy atom. The highest BCUT2D eigenvalue weighted by molar-refractivity contribution is 6.19. The Morgan fingerprint density at radius 2 is 1.18 bits per heavy atom. The Morgan fingerprint density at radius 1 is 0.714 bits per heavy atom. The normalized spacial score (nSPS) is 13.1. The average molecular weight is 378 g/mol. The second-order valence-corrected chi connectivity index (χ2v) is 6.47. The summed E-state index contributed by atoms with van der Waals surface area (Å²) in [5, 5.41) is 49.5. The molecule has 0 unspecified atom stereocenters. The molecule has 7 nitrogen and oxygen atoms in total. The van der Waals surface area contributed by atoms with E-state index < -0.39 is 34.7 Å². The maximum absolute atomic E-state index is 13.3. The molecule has 140 valence electrons. The van der Waals surface area contributed by atoms with Crippen LogP contribution in [0.4, 0.5) is 0 Å². The van der Waals surface area contributed by atoms with Crippen LogP contribution in [0.25, 0.3) is 0 Å². The number of fused-ring (bicyclic) bond motifs is 2. The summed E-state index contributed by atoms with van der Waals surface area (Å²) in [5.41, 5.74) is 0.167. The zero-order chi connectivity index (χ0) is 20.2. The third-order valence-electron chi connectivity index (χ3n) is 4.84. The number of aromatic hydroxyl groups is 5. The predicted molar refractivity (Wildman–Crippen MR) is 97.3 cm³/mol. The molecule has 0 saturated carbocycles. The summed E-state index contributed by atoms with van der Waals surface area (Å²) in [6, 6.07) is 10.6. The van der Waals surface area contributed by atoms with Gasteiger partial charge in [0.1, 0.15) is 11.5 Å². The second-order valence-electron chi connectivity index (χ2n) is 6.47. The molecule has 3 aromatic carbocycles.